The van der Waals surface area contributed by atoms with Crippen LogP contribution in [-0.4, -0.2) is 44.7 Å². The first-order valence-electron chi connectivity index (χ1n) is 8.57. The van der Waals surface area contributed by atoms with Crippen molar-refractivity contribution in [1.82, 2.24) is 10.6 Å². The maximum Gasteiger partial charge on any atom is 0.243 e. The van der Waals surface area contributed by atoms with Crippen LogP contribution in [-0.2, 0) is 9.53 Å². The van der Waals surface area contributed by atoms with E-state index in [9.17, 15) is 9.18 Å². The third-order valence-electron chi connectivity index (χ3n) is 3.59. The Morgan fingerprint density at radius 3 is 2.68 bits per heavy atom. The molecule has 0 aliphatic heterocycles. The number of ether oxygens (including phenoxy) is 1. The summed E-state index contributed by atoms with van der Waals surface area (Å²) >= 11 is 0. The molecular weight excluding hydrogens is 323 g/mol. The smallest absolute Gasteiger partial charge is 0.243 e. The van der Waals surface area contributed by atoms with Crippen molar-refractivity contribution in [2.45, 2.75) is 33.3 Å². The summed E-state index contributed by atoms with van der Waals surface area (Å²) < 4.78 is 18.8. The highest BCUT2D eigenvalue weighted by atomic mass is 19.1. The molecule has 0 bridgehead atoms. The van der Waals surface area contributed by atoms with Crippen LogP contribution in [0, 0.1) is 11.7 Å². The average Bonchev–Trinajstić information content (AvgIpc) is 2.56. The van der Waals surface area contributed by atoms with Crippen molar-refractivity contribution in [3.05, 3.63) is 30.1 Å². The van der Waals surface area contributed by atoms with Crippen LogP contribution in [0.4, 0.5) is 10.1 Å². The molecule has 0 saturated carbocycles. The lowest BCUT2D eigenvalue weighted by molar-refractivity contribution is -0.115. The van der Waals surface area contributed by atoms with Gasteiger partial charge in [0, 0.05) is 25.9 Å². The van der Waals surface area contributed by atoms with Gasteiger partial charge in [0.05, 0.1) is 12.6 Å². The largest absolute Gasteiger partial charge is 0.378 e. The monoisotopic (exact) mass is 352 g/mol. The number of hydrogen-bond donors (Lipinski definition) is 3. The van der Waals surface area contributed by atoms with E-state index in [1.165, 1.54) is 12.1 Å². The van der Waals surface area contributed by atoms with E-state index in [0.717, 1.165) is 6.42 Å². The van der Waals surface area contributed by atoms with Gasteiger partial charge < -0.3 is 20.7 Å². The molecule has 0 heterocycles. The van der Waals surface area contributed by atoms with E-state index in [1.807, 2.05) is 6.92 Å². The molecule has 1 rings (SSSR count). The van der Waals surface area contributed by atoms with E-state index in [2.05, 4.69) is 34.8 Å². The van der Waals surface area contributed by atoms with Crippen LogP contribution in [0.2, 0.25) is 0 Å². The number of amides is 1. The summed E-state index contributed by atoms with van der Waals surface area (Å²) in [7, 11) is 1.64. The van der Waals surface area contributed by atoms with Crippen LogP contribution < -0.4 is 16.0 Å². The van der Waals surface area contributed by atoms with Crippen molar-refractivity contribution in [3.63, 3.8) is 0 Å². The molecule has 0 aliphatic carbocycles. The molecule has 0 radical (unpaired) electrons. The fourth-order valence-corrected chi connectivity index (χ4v) is 2.31. The van der Waals surface area contributed by atoms with Crippen LogP contribution in [0.25, 0.3) is 0 Å². The normalized spacial score (nSPS) is 12.8. The zero-order valence-corrected chi connectivity index (χ0v) is 15.4. The molecule has 25 heavy (non-hydrogen) atoms. The average molecular weight is 352 g/mol. The Labute approximate surface area is 149 Å². The van der Waals surface area contributed by atoms with Crippen molar-refractivity contribution < 1.29 is 13.9 Å². The molecule has 0 aromatic heterocycles. The summed E-state index contributed by atoms with van der Waals surface area (Å²) in [5, 5.41) is 8.72. The SMILES string of the molecule is CCOC(CCNC(=NC)NCC(=O)Nc1cccc(F)c1)C(C)C. The minimum Gasteiger partial charge on any atom is -0.378 e. The molecular formula is C18H29FN4O2. The number of halogens is 1. The number of nitrogens with zero attached hydrogens (tertiary/aromatic N) is 1. The number of carbonyl (C=O) groups is 1. The molecule has 0 fully saturated rings. The quantitative estimate of drug-likeness (QED) is 0.471. The Kier molecular flexibility index (Phi) is 9.54. The van der Waals surface area contributed by atoms with Crippen LogP contribution in [0.15, 0.2) is 29.3 Å². The second kappa shape index (κ2) is 11.4. The molecule has 140 valence electrons. The van der Waals surface area contributed by atoms with E-state index in [4.69, 9.17) is 4.74 Å². The first-order valence-corrected chi connectivity index (χ1v) is 8.57. The van der Waals surface area contributed by atoms with Gasteiger partial charge in [0.1, 0.15) is 5.82 Å². The van der Waals surface area contributed by atoms with Gasteiger partial charge in [-0.25, -0.2) is 4.39 Å². The Morgan fingerprint density at radius 2 is 2.08 bits per heavy atom. The molecule has 0 saturated heterocycles. The molecule has 0 spiro atoms. The van der Waals surface area contributed by atoms with Crippen molar-refractivity contribution in [3.8, 4) is 0 Å². The molecule has 1 atom stereocenters. The number of hydrogen-bond acceptors (Lipinski definition) is 3. The zero-order valence-electron chi connectivity index (χ0n) is 15.4. The number of carbonyl (C=O) groups excluding carboxylic acids is 1. The number of guanidine groups is 1. The third kappa shape index (κ3) is 8.49. The molecule has 3 N–H and O–H groups in total. The molecule has 6 nitrogen and oxygen atoms in total. The predicted molar refractivity (Wildman–Crippen MR) is 99.3 cm³/mol. The second-order valence-electron chi connectivity index (χ2n) is 5.94. The lowest BCUT2D eigenvalue weighted by atomic mass is 10.0. The number of aliphatic imine (C=N–C) groups is 1. The Bertz CT molecular complexity index is 564. The van der Waals surface area contributed by atoms with Gasteiger partial charge in [-0.3, -0.25) is 9.79 Å². The van der Waals surface area contributed by atoms with Gasteiger partial charge in [0.15, 0.2) is 5.96 Å². The topological polar surface area (TPSA) is 74.8 Å². The molecule has 1 aromatic rings. The maximum atomic E-state index is 13.1. The van der Waals surface area contributed by atoms with Crippen molar-refractivity contribution in [1.29, 1.82) is 0 Å². The Balaban J connectivity index is 2.35. The summed E-state index contributed by atoms with van der Waals surface area (Å²) in [6.07, 6.45) is 1.04. The van der Waals surface area contributed by atoms with Crippen LogP contribution in [0.5, 0.6) is 0 Å². The fraction of sp³-hybridized carbons (Fsp3) is 0.556. The number of nitrogens with one attached hydrogen (secondary N) is 3. The van der Waals surface area contributed by atoms with Gasteiger partial charge >= 0.3 is 0 Å². The molecule has 0 aliphatic rings. The predicted octanol–water partition coefficient (Wildman–Crippen LogP) is 2.38. The first kappa shape index (κ1) is 20.9. The minimum atomic E-state index is -0.391. The van der Waals surface area contributed by atoms with Crippen molar-refractivity contribution in [2.75, 3.05) is 32.1 Å². The van der Waals surface area contributed by atoms with E-state index in [0.29, 0.717) is 30.7 Å². The molecule has 1 amide bonds. The summed E-state index contributed by atoms with van der Waals surface area (Å²) in [6.45, 7) is 7.66. The molecule has 1 aromatic carbocycles. The van der Waals surface area contributed by atoms with E-state index >= 15 is 0 Å². The lowest BCUT2D eigenvalue weighted by Gasteiger charge is -2.21. The summed E-state index contributed by atoms with van der Waals surface area (Å²) in [5.74, 6) is 0.308. The van der Waals surface area contributed by atoms with Crippen LogP contribution in [0.1, 0.15) is 27.2 Å². The Hall–Kier alpha value is -2.15. The second-order valence-corrected chi connectivity index (χ2v) is 5.94. The highest BCUT2D eigenvalue weighted by Gasteiger charge is 2.13. The van der Waals surface area contributed by atoms with E-state index in [1.54, 1.807) is 19.2 Å². The van der Waals surface area contributed by atoms with Gasteiger partial charge in [-0.2, -0.15) is 0 Å². The van der Waals surface area contributed by atoms with E-state index in [-0.39, 0.29) is 18.6 Å². The van der Waals surface area contributed by atoms with Crippen molar-refractivity contribution in [2.24, 2.45) is 10.9 Å². The first-order chi connectivity index (χ1) is 12.0. The van der Waals surface area contributed by atoms with Crippen LogP contribution in [0.3, 0.4) is 0 Å². The van der Waals surface area contributed by atoms with Gasteiger partial charge in [0.2, 0.25) is 5.91 Å². The molecule has 7 heteroatoms. The third-order valence-corrected chi connectivity index (χ3v) is 3.59. The standard InChI is InChI=1S/C18H29FN4O2/c1-5-25-16(13(2)3)9-10-21-18(20-4)22-12-17(24)23-15-8-6-7-14(19)11-15/h6-8,11,13,16H,5,9-10,12H2,1-4H3,(H,23,24)(H2,20,21,22). The van der Waals surface area contributed by atoms with Gasteiger partial charge in [-0.15, -0.1) is 0 Å². The van der Waals surface area contributed by atoms with Gasteiger partial charge in [0.25, 0.3) is 0 Å². The fourth-order valence-electron chi connectivity index (χ4n) is 2.31. The highest BCUT2D eigenvalue weighted by molar-refractivity contribution is 5.94. The van der Waals surface area contributed by atoms with Gasteiger partial charge in [-0.05, 0) is 37.5 Å². The maximum absolute atomic E-state index is 13.1. The summed E-state index contributed by atoms with van der Waals surface area (Å²) in [4.78, 5) is 16.0. The van der Waals surface area contributed by atoms with Crippen molar-refractivity contribution >= 4 is 17.6 Å². The summed E-state index contributed by atoms with van der Waals surface area (Å²) in [6, 6.07) is 5.77. The highest BCUT2D eigenvalue weighted by Crippen LogP contribution is 2.10. The lowest BCUT2D eigenvalue weighted by Crippen LogP contribution is -2.42. The Morgan fingerprint density at radius 1 is 1.32 bits per heavy atom. The van der Waals surface area contributed by atoms with Gasteiger partial charge in [-0.1, -0.05) is 19.9 Å². The van der Waals surface area contributed by atoms with E-state index < -0.39 is 5.82 Å². The van der Waals surface area contributed by atoms with Crippen LogP contribution >= 0.6 is 0 Å². The number of anilines is 1. The minimum absolute atomic E-state index is 0.0370. The number of rotatable bonds is 9. The zero-order chi connectivity index (χ0) is 18.7. The molecule has 1 unspecified atom stereocenters. The number of benzene rings is 1. The summed E-state index contributed by atoms with van der Waals surface area (Å²) in [5.41, 5.74) is 0.422.